The van der Waals surface area contributed by atoms with E-state index >= 15 is 0 Å². The summed E-state index contributed by atoms with van der Waals surface area (Å²) < 4.78 is 0. The Kier molecular flexibility index (Phi) is 4.44. The molecule has 0 amide bonds. The average Bonchev–Trinajstić information content (AvgIpc) is 2.85. The van der Waals surface area contributed by atoms with Gasteiger partial charge in [0, 0.05) is 11.9 Å². The second kappa shape index (κ2) is 6.28. The molecule has 0 atom stereocenters. The van der Waals surface area contributed by atoms with Gasteiger partial charge >= 0.3 is 5.97 Å². The van der Waals surface area contributed by atoms with E-state index in [9.17, 15) is 4.79 Å². The van der Waals surface area contributed by atoms with Crippen LogP contribution in [0.15, 0.2) is 35.7 Å². The molecule has 18 heavy (non-hydrogen) atoms. The van der Waals surface area contributed by atoms with Crippen LogP contribution in [0.25, 0.3) is 0 Å². The quantitative estimate of drug-likeness (QED) is 0.783. The van der Waals surface area contributed by atoms with Crippen LogP contribution < -0.4 is 5.32 Å². The summed E-state index contributed by atoms with van der Waals surface area (Å²) in [6.45, 7) is 1.46. The van der Waals surface area contributed by atoms with Crippen molar-refractivity contribution in [2.45, 2.75) is 13.0 Å². The van der Waals surface area contributed by atoms with Crippen molar-refractivity contribution in [3.63, 3.8) is 0 Å². The first-order valence-electron chi connectivity index (χ1n) is 5.68. The van der Waals surface area contributed by atoms with E-state index in [1.54, 1.807) is 5.38 Å². The standard InChI is InChI=1S/C13H14N2O2S/c16-13(17)12-15-11(9-18-12)8-14-7-6-10-4-2-1-3-5-10/h1-5,9,14H,6-8H2,(H,16,17). The Morgan fingerprint density at radius 3 is 2.78 bits per heavy atom. The van der Waals surface area contributed by atoms with Crippen molar-refractivity contribution in [2.24, 2.45) is 0 Å². The molecule has 0 aliphatic heterocycles. The maximum Gasteiger partial charge on any atom is 0.365 e. The fraction of sp³-hybridized carbons (Fsp3) is 0.231. The van der Waals surface area contributed by atoms with E-state index in [0.717, 1.165) is 30.0 Å². The van der Waals surface area contributed by atoms with Gasteiger partial charge in [0.2, 0.25) is 5.01 Å². The maximum absolute atomic E-state index is 10.7. The van der Waals surface area contributed by atoms with Crippen molar-refractivity contribution in [1.82, 2.24) is 10.3 Å². The summed E-state index contributed by atoms with van der Waals surface area (Å²) in [6, 6.07) is 10.2. The van der Waals surface area contributed by atoms with Crippen molar-refractivity contribution in [1.29, 1.82) is 0 Å². The smallest absolute Gasteiger partial charge is 0.365 e. The minimum absolute atomic E-state index is 0.148. The molecule has 4 nitrogen and oxygen atoms in total. The van der Waals surface area contributed by atoms with Gasteiger partial charge in [-0.3, -0.25) is 0 Å². The van der Waals surface area contributed by atoms with Gasteiger partial charge in [0.15, 0.2) is 0 Å². The van der Waals surface area contributed by atoms with E-state index in [1.165, 1.54) is 5.56 Å². The van der Waals surface area contributed by atoms with Gasteiger partial charge in [-0.2, -0.15) is 0 Å². The number of thiazole rings is 1. The number of carboxylic acids is 1. The van der Waals surface area contributed by atoms with Crippen LogP contribution >= 0.6 is 11.3 Å². The molecular weight excluding hydrogens is 248 g/mol. The van der Waals surface area contributed by atoms with Gasteiger partial charge in [-0.15, -0.1) is 11.3 Å². The first-order chi connectivity index (χ1) is 8.75. The van der Waals surface area contributed by atoms with Crippen molar-refractivity contribution in [2.75, 3.05) is 6.54 Å². The molecule has 0 unspecified atom stereocenters. The highest BCUT2D eigenvalue weighted by molar-refractivity contribution is 7.11. The molecular formula is C13H14N2O2S. The summed E-state index contributed by atoms with van der Waals surface area (Å²) in [5, 5.41) is 13.9. The third kappa shape index (κ3) is 3.65. The number of benzene rings is 1. The summed E-state index contributed by atoms with van der Waals surface area (Å²) in [6.07, 6.45) is 0.955. The largest absolute Gasteiger partial charge is 0.476 e. The van der Waals surface area contributed by atoms with Crippen LogP contribution in [0, 0.1) is 0 Å². The van der Waals surface area contributed by atoms with Gasteiger partial charge in [-0.25, -0.2) is 9.78 Å². The van der Waals surface area contributed by atoms with Crippen molar-refractivity contribution in [3.05, 3.63) is 52.0 Å². The lowest BCUT2D eigenvalue weighted by molar-refractivity contribution is 0.0696. The molecule has 0 saturated heterocycles. The Morgan fingerprint density at radius 1 is 1.33 bits per heavy atom. The third-order valence-electron chi connectivity index (χ3n) is 2.47. The Bertz CT molecular complexity index is 511. The molecule has 0 saturated carbocycles. The van der Waals surface area contributed by atoms with E-state index < -0.39 is 5.97 Å². The normalized spacial score (nSPS) is 10.4. The minimum atomic E-state index is -0.962. The van der Waals surface area contributed by atoms with Gasteiger partial charge in [0.05, 0.1) is 5.69 Å². The molecule has 0 radical (unpaired) electrons. The number of rotatable bonds is 6. The van der Waals surface area contributed by atoms with E-state index in [4.69, 9.17) is 5.11 Å². The SMILES string of the molecule is O=C(O)c1nc(CNCCc2ccccc2)cs1. The second-order valence-electron chi connectivity index (χ2n) is 3.86. The fourth-order valence-corrected chi connectivity index (χ4v) is 2.23. The van der Waals surface area contributed by atoms with Crippen molar-refractivity contribution < 1.29 is 9.90 Å². The molecule has 5 heteroatoms. The summed E-state index contributed by atoms with van der Waals surface area (Å²) in [4.78, 5) is 14.7. The third-order valence-corrected chi connectivity index (χ3v) is 3.35. The molecule has 1 aromatic carbocycles. The maximum atomic E-state index is 10.7. The number of hydrogen-bond donors (Lipinski definition) is 2. The summed E-state index contributed by atoms with van der Waals surface area (Å²) in [5.41, 5.74) is 2.07. The van der Waals surface area contributed by atoms with E-state index in [-0.39, 0.29) is 5.01 Å². The molecule has 2 rings (SSSR count). The lowest BCUT2D eigenvalue weighted by Gasteiger charge is -2.02. The van der Waals surface area contributed by atoms with E-state index in [0.29, 0.717) is 6.54 Å². The monoisotopic (exact) mass is 262 g/mol. The van der Waals surface area contributed by atoms with Gasteiger partial charge in [-0.1, -0.05) is 30.3 Å². The Balaban J connectivity index is 1.73. The molecule has 0 bridgehead atoms. The summed E-state index contributed by atoms with van der Waals surface area (Å²) in [5.74, 6) is -0.962. The average molecular weight is 262 g/mol. The predicted octanol–water partition coefficient (Wildman–Crippen LogP) is 2.17. The lowest BCUT2D eigenvalue weighted by atomic mass is 10.1. The number of hydrogen-bond acceptors (Lipinski definition) is 4. The number of carboxylic acid groups (broad SMARTS) is 1. The zero-order valence-electron chi connectivity index (χ0n) is 9.80. The Hall–Kier alpha value is -1.72. The molecule has 1 aromatic heterocycles. The van der Waals surface area contributed by atoms with Gasteiger partial charge in [0.1, 0.15) is 0 Å². The van der Waals surface area contributed by atoms with Crippen LogP contribution in [0.4, 0.5) is 0 Å². The first-order valence-corrected chi connectivity index (χ1v) is 6.56. The van der Waals surface area contributed by atoms with E-state index in [2.05, 4.69) is 22.4 Å². The highest BCUT2D eigenvalue weighted by atomic mass is 32.1. The molecule has 0 aliphatic carbocycles. The van der Waals surface area contributed by atoms with Crippen LogP contribution in [0.2, 0.25) is 0 Å². The highest BCUT2D eigenvalue weighted by Gasteiger charge is 2.07. The summed E-state index contributed by atoms with van der Waals surface area (Å²) in [7, 11) is 0. The summed E-state index contributed by atoms with van der Waals surface area (Å²) >= 11 is 1.16. The zero-order chi connectivity index (χ0) is 12.8. The van der Waals surface area contributed by atoms with Crippen molar-refractivity contribution in [3.8, 4) is 0 Å². The number of nitrogens with zero attached hydrogens (tertiary/aromatic N) is 1. The molecule has 0 spiro atoms. The molecule has 2 aromatic rings. The van der Waals surface area contributed by atoms with Crippen LogP contribution in [0.5, 0.6) is 0 Å². The number of aromatic nitrogens is 1. The van der Waals surface area contributed by atoms with Gasteiger partial charge in [0.25, 0.3) is 0 Å². The zero-order valence-corrected chi connectivity index (χ0v) is 10.6. The van der Waals surface area contributed by atoms with Crippen LogP contribution in [-0.4, -0.2) is 22.6 Å². The predicted molar refractivity (Wildman–Crippen MR) is 70.9 cm³/mol. The topological polar surface area (TPSA) is 62.2 Å². The highest BCUT2D eigenvalue weighted by Crippen LogP contribution is 2.09. The van der Waals surface area contributed by atoms with E-state index in [1.807, 2.05) is 18.2 Å². The Morgan fingerprint density at radius 2 is 2.11 bits per heavy atom. The number of carbonyl (C=O) groups is 1. The van der Waals surface area contributed by atoms with Crippen molar-refractivity contribution >= 4 is 17.3 Å². The molecule has 0 aliphatic rings. The van der Waals surface area contributed by atoms with Gasteiger partial charge < -0.3 is 10.4 Å². The van der Waals surface area contributed by atoms with Gasteiger partial charge in [-0.05, 0) is 18.5 Å². The van der Waals surface area contributed by atoms with Crippen LogP contribution in [0.1, 0.15) is 21.1 Å². The van der Waals surface area contributed by atoms with Crippen LogP contribution in [-0.2, 0) is 13.0 Å². The number of nitrogens with one attached hydrogen (secondary N) is 1. The fourth-order valence-electron chi connectivity index (χ4n) is 1.58. The molecule has 0 fully saturated rings. The minimum Gasteiger partial charge on any atom is -0.476 e. The lowest BCUT2D eigenvalue weighted by Crippen LogP contribution is -2.17. The molecule has 1 heterocycles. The second-order valence-corrected chi connectivity index (χ2v) is 4.72. The number of aromatic carboxylic acids is 1. The van der Waals surface area contributed by atoms with Crippen LogP contribution in [0.3, 0.4) is 0 Å². The first kappa shape index (κ1) is 12.7. The molecule has 2 N–H and O–H groups in total. The molecule has 94 valence electrons. The Labute approximate surface area is 109 Å².